The Bertz CT molecular complexity index is 604. The number of methoxy groups -OCH3 is 1. The molecule has 0 spiro atoms. The summed E-state index contributed by atoms with van der Waals surface area (Å²) in [6.07, 6.45) is 0.760. The van der Waals surface area contributed by atoms with Crippen molar-refractivity contribution in [1.82, 2.24) is 5.32 Å². The molecule has 0 bridgehead atoms. The van der Waals surface area contributed by atoms with E-state index in [4.69, 9.17) is 15.2 Å². The van der Waals surface area contributed by atoms with Crippen LogP contribution in [-0.2, 0) is 9.53 Å². The van der Waals surface area contributed by atoms with Crippen molar-refractivity contribution >= 4 is 29.7 Å². The number of carbonyl (C=O) groups is 3. The summed E-state index contributed by atoms with van der Waals surface area (Å²) in [5.74, 6) is -1.47. The molecule has 0 saturated heterocycles. The fraction of sp³-hybridized carbons (Fsp3) is 0.400. The minimum absolute atomic E-state index is 0.197. The highest BCUT2D eigenvalue weighted by Crippen LogP contribution is 2.26. The number of primary amides is 1. The molecule has 7 nitrogen and oxygen atoms in total. The van der Waals surface area contributed by atoms with E-state index < -0.39 is 24.0 Å². The van der Waals surface area contributed by atoms with Crippen molar-refractivity contribution in [1.29, 1.82) is 0 Å². The zero-order valence-electron chi connectivity index (χ0n) is 13.4. The van der Waals surface area contributed by atoms with Gasteiger partial charge in [-0.2, -0.15) is 0 Å². The van der Waals surface area contributed by atoms with Crippen molar-refractivity contribution in [3.63, 3.8) is 0 Å². The van der Waals surface area contributed by atoms with Gasteiger partial charge >= 0.3 is 12.0 Å². The summed E-state index contributed by atoms with van der Waals surface area (Å²) in [6, 6.07) is 4.02. The van der Waals surface area contributed by atoms with Crippen molar-refractivity contribution in [2.75, 3.05) is 13.4 Å². The third-order valence-electron chi connectivity index (χ3n) is 2.97. The van der Waals surface area contributed by atoms with Crippen LogP contribution < -0.4 is 15.8 Å². The van der Waals surface area contributed by atoms with Crippen LogP contribution >= 0.6 is 11.8 Å². The first kappa shape index (κ1) is 18.8. The first-order valence-corrected chi connectivity index (χ1v) is 8.06. The molecule has 8 heteroatoms. The van der Waals surface area contributed by atoms with Crippen LogP contribution in [0, 0.1) is 5.92 Å². The van der Waals surface area contributed by atoms with Gasteiger partial charge in [0.25, 0.3) is 5.91 Å². The second-order valence-electron chi connectivity index (χ2n) is 4.99. The van der Waals surface area contributed by atoms with E-state index in [1.54, 1.807) is 32.0 Å². The summed E-state index contributed by atoms with van der Waals surface area (Å²) >= 11 is 1.50. The first-order valence-electron chi connectivity index (χ1n) is 6.83. The molecule has 0 fully saturated rings. The number of urea groups is 1. The Balaban J connectivity index is 2.99. The molecule has 0 saturated carbocycles. The average molecular weight is 340 g/mol. The van der Waals surface area contributed by atoms with Gasteiger partial charge in [-0.25, -0.2) is 9.59 Å². The van der Waals surface area contributed by atoms with Gasteiger partial charge in [0.15, 0.2) is 6.10 Å². The number of nitrogens with one attached hydrogen (secondary N) is 1. The summed E-state index contributed by atoms with van der Waals surface area (Å²) in [6.45, 7) is 3.37. The van der Waals surface area contributed by atoms with Crippen LogP contribution in [0.15, 0.2) is 23.1 Å². The topological polar surface area (TPSA) is 108 Å². The normalized spacial score (nSPS) is 11.7. The standard InChI is InChI=1S/C15H20N2O5S/c1-8(2)12(13(18)17-15(16)20)22-14(19)10-6-5-9(23-4)7-11(10)21-3/h5-8,12H,1-4H3,(H3,16,17,18,20)/t12-/m0/s1. The minimum atomic E-state index is -1.14. The molecule has 0 aliphatic carbocycles. The molecule has 0 aromatic heterocycles. The van der Waals surface area contributed by atoms with Crippen LogP contribution in [0.25, 0.3) is 0 Å². The van der Waals surface area contributed by atoms with E-state index >= 15 is 0 Å². The number of hydrogen-bond acceptors (Lipinski definition) is 6. The lowest BCUT2D eigenvalue weighted by molar-refractivity contribution is -0.130. The molecule has 0 aliphatic rings. The van der Waals surface area contributed by atoms with Gasteiger partial charge in [-0.1, -0.05) is 13.8 Å². The van der Waals surface area contributed by atoms with Gasteiger partial charge < -0.3 is 15.2 Å². The summed E-state index contributed by atoms with van der Waals surface area (Å²) in [7, 11) is 1.44. The second kappa shape index (κ2) is 8.42. The van der Waals surface area contributed by atoms with Crippen LogP contribution in [-0.4, -0.2) is 37.4 Å². The van der Waals surface area contributed by atoms with Crippen LogP contribution in [0.3, 0.4) is 0 Å². The first-order chi connectivity index (χ1) is 10.8. The summed E-state index contributed by atoms with van der Waals surface area (Å²) < 4.78 is 10.4. The highest BCUT2D eigenvalue weighted by molar-refractivity contribution is 7.98. The van der Waals surface area contributed by atoms with E-state index in [2.05, 4.69) is 0 Å². The fourth-order valence-electron chi connectivity index (χ4n) is 1.83. The van der Waals surface area contributed by atoms with E-state index in [0.717, 1.165) is 4.90 Å². The summed E-state index contributed by atoms with van der Waals surface area (Å²) in [5.41, 5.74) is 5.11. The lowest BCUT2D eigenvalue weighted by atomic mass is 10.1. The molecule has 1 aromatic rings. The number of rotatable bonds is 6. The Kier molecular flexibility index (Phi) is 6.89. The molecular formula is C15H20N2O5S. The van der Waals surface area contributed by atoms with Crippen LogP contribution in [0.4, 0.5) is 4.79 Å². The molecule has 3 amide bonds. The van der Waals surface area contributed by atoms with Crippen molar-refractivity contribution in [2.45, 2.75) is 24.8 Å². The molecular weight excluding hydrogens is 320 g/mol. The van der Waals surface area contributed by atoms with E-state index in [1.165, 1.54) is 18.9 Å². The fourth-order valence-corrected chi connectivity index (χ4v) is 2.26. The Morgan fingerprint density at radius 2 is 1.91 bits per heavy atom. The maximum absolute atomic E-state index is 12.3. The average Bonchev–Trinajstić information content (AvgIpc) is 2.50. The molecule has 0 unspecified atom stereocenters. The molecule has 126 valence electrons. The van der Waals surface area contributed by atoms with E-state index in [-0.39, 0.29) is 11.5 Å². The highest BCUT2D eigenvalue weighted by atomic mass is 32.2. The van der Waals surface area contributed by atoms with Crippen LogP contribution in [0.1, 0.15) is 24.2 Å². The SMILES string of the molecule is COc1cc(SC)ccc1C(=O)O[C@H](C(=O)NC(N)=O)C(C)C. The zero-order valence-corrected chi connectivity index (χ0v) is 14.2. The number of ether oxygens (including phenoxy) is 2. The third-order valence-corrected chi connectivity index (χ3v) is 3.70. The maximum Gasteiger partial charge on any atom is 0.342 e. The van der Waals surface area contributed by atoms with E-state index in [9.17, 15) is 14.4 Å². The molecule has 0 aliphatic heterocycles. The number of amides is 3. The van der Waals surface area contributed by atoms with E-state index in [0.29, 0.717) is 5.75 Å². The van der Waals surface area contributed by atoms with Crippen molar-refractivity contribution < 1.29 is 23.9 Å². The number of esters is 1. The summed E-state index contributed by atoms with van der Waals surface area (Å²) in [5, 5.41) is 1.92. The Morgan fingerprint density at radius 1 is 1.26 bits per heavy atom. The molecule has 3 N–H and O–H groups in total. The number of thioether (sulfide) groups is 1. The lowest BCUT2D eigenvalue weighted by Gasteiger charge is -2.20. The van der Waals surface area contributed by atoms with Gasteiger partial charge in [0.05, 0.1) is 7.11 Å². The van der Waals surface area contributed by atoms with Gasteiger partial charge in [-0.15, -0.1) is 11.8 Å². The van der Waals surface area contributed by atoms with E-state index in [1.807, 2.05) is 11.6 Å². The zero-order chi connectivity index (χ0) is 17.6. The van der Waals surface area contributed by atoms with Crippen LogP contribution in [0.2, 0.25) is 0 Å². The predicted octanol–water partition coefficient (Wildman–Crippen LogP) is 1.79. The molecule has 23 heavy (non-hydrogen) atoms. The van der Waals surface area contributed by atoms with Crippen molar-refractivity contribution in [3.8, 4) is 5.75 Å². The van der Waals surface area contributed by atoms with Crippen LogP contribution in [0.5, 0.6) is 5.75 Å². The van der Waals surface area contributed by atoms with Gasteiger partial charge in [0.2, 0.25) is 0 Å². The Morgan fingerprint density at radius 3 is 2.39 bits per heavy atom. The molecule has 0 radical (unpaired) electrons. The number of carbonyl (C=O) groups excluding carboxylic acids is 3. The van der Waals surface area contributed by atoms with Gasteiger partial charge in [-0.05, 0) is 30.4 Å². The van der Waals surface area contributed by atoms with Gasteiger partial charge in [-0.3, -0.25) is 10.1 Å². The number of imide groups is 1. The van der Waals surface area contributed by atoms with Crippen molar-refractivity contribution in [3.05, 3.63) is 23.8 Å². The second-order valence-corrected chi connectivity index (χ2v) is 5.87. The molecule has 1 atom stereocenters. The summed E-state index contributed by atoms with van der Waals surface area (Å²) in [4.78, 5) is 35.9. The minimum Gasteiger partial charge on any atom is -0.496 e. The predicted molar refractivity (Wildman–Crippen MR) is 86.5 cm³/mol. The molecule has 1 rings (SSSR count). The monoisotopic (exact) mass is 340 g/mol. The smallest absolute Gasteiger partial charge is 0.342 e. The lowest BCUT2D eigenvalue weighted by Crippen LogP contribution is -2.45. The Hall–Kier alpha value is -2.22. The maximum atomic E-state index is 12.3. The highest BCUT2D eigenvalue weighted by Gasteiger charge is 2.29. The van der Waals surface area contributed by atoms with Gasteiger partial charge in [0.1, 0.15) is 11.3 Å². The largest absolute Gasteiger partial charge is 0.496 e. The van der Waals surface area contributed by atoms with Crippen molar-refractivity contribution in [2.24, 2.45) is 11.7 Å². The molecule has 0 heterocycles. The van der Waals surface area contributed by atoms with Gasteiger partial charge in [0, 0.05) is 4.90 Å². The number of hydrogen-bond donors (Lipinski definition) is 2. The third kappa shape index (κ3) is 5.17. The Labute approximate surface area is 138 Å². The number of benzene rings is 1. The number of nitrogens with two attached hydrogens (primary N) is 1. The quantitative estimate of drug-likeness (QED) is 0.604. The molecule has 1 aromatic carbocycles.